The van der Waals surface area contributed by atoms with Gasteiger partial charge in [-0.25, -0.2) is 0 Å². The zero-order valence-electron chi connectivity index (χ0n) is 12.6. The molecular weight excluding hydrogens is 238 g/mol. The molecule has 108 valence electrons. The Morgan fingerprint density at radius 2 is 1.68 bits per heavy atom. The van der Waals surface area contributed by atoms with Crippen molar-refractivity contribution in [2.75, 3.05) is 14.2 Å². The van der Waals surface area contributed by atoms with Crippen molar-refractivity contribution in [3.8, 4) is 11.5 Å². The minimum atomic E-state index is 0.00458. The summed E-state index contributed by atoms with van der Waals surface area (Å²) in [6.07, 6.45) is 4.61. The lowest BCUT2D eigenvalue weighted by Crippen LogP contribution is -2.22. The topological polar surface area (TPSA) is 44.5 Å². The molecule has 0 radical (unpaired) electrons. The van der Waals surface area contributed by atoms with Gasteiger partial charge < -0.3 is 15.2 Å². The van der Waals surface area contributed by atoms with E-state index < -0.39 is 0 Å². The second-order valence-electron chi connectivity index (χ2n) is 4.97. The first-order chi connectivity index (χ1) is 9.17. The highest BCUT2D eigenvalue weighted by Crippen LogP contribution is 2.35. The lowest BCUT2D eigenvalue weighted by atomic mass is 9.86. The zero-order chi connectivity index (χ0) is 14.3. The lowest BCUT2D eigenvalue weighted by Gasteiger charge is -2.25. The largest absolute Gasteiger partial charge is 0.497 e. The third-order valence-corrected chi connectivity index (χ3v) is 3.62. The molecule has 1 unspecified atom stereocenters. The van der Waals surface area contributed by atoms with Crippen molar-refractivity contribution in [2.24, 2.45) is 11.7 Å². The van der Waals surface area contributed by atoms with Crippen LogP contribution in [0.15, 0.2) is 18.2 Å². The molecule has 0 saturated heterocycles. The van der Waals surface area contributed by atoms with Crippen LogP contribution in [0.4, 0.5) is 0 Å². The maximum absolute atomic E-state index is 6.48. The predicted octanol–water partition coefficient (Wildman–Crippen LogP) is 3.92. The number of ether oxygens (including phenoxy) is 2. The SMILES string of the molecule is CCCC(CCC)C(N)c1cc(OC)ccc1OC. The summed E-state index contributed by atoms with van der Waals surface area (Å²) in [4.78, 5) is 0. The normalized spacial score (nSPS) is 12.5. The van der Waals surface area contributed by atoms with Gasteiger partial charge in [-0.1, -0.05) is 26.7 Å². The Morgan fingerprint density at radius 1 is 1.05 bits per heavy atom. The second kappa shape index (κ2) is 8.05. The summed E-state index contributed by atoms with van der Waals surface area (Å²) in [5, 5.41) is 0. The Labute approximate surface area is 117 Å². The van der Waals surface area contributed by atoms with Gasteiger partial charge in [0.2, 0.25) is 0 Å². The highest BCUT2D eigenvalue weighted by Gasteiger charge is 2.21. The fraction of sp³-hybridized carbons (Fsp3) is 0.625. The fourth-order valence-electron chi connectivity index (χ4n) is 2.60. The molecule has 1 rings (SSSR count). The quantitative estimate of drug-likeness (QED) is 0.774. The average molecular weight is 265 g/mol. The van der Waals surface area contributed by atoms with Crippen LogP contribution in [0.25, 0.3) is 0 Å². The van der Waals surface area contributed by atoms with Crippen LogP contribution in [0.3, 0.4) is 0 Å². The van der Waals surface area contributed by atoms with E-state index in [4.69, 9.17) is 15.2 Å². The predicted molar refractivity (Wildman–Crippen MR) is 79.8 cm³/mol. The molecule has 0 aliphatic heterocycles. The van der Waals surface area contributed by atoms with E-state index in [1.165, 1.54) is 0 Å². The van der Waals surface area contributed by atoms with Crippen LogP contribution in [-0.2, 0) is 0 Å². The van der Waals surface area contributed by atoms with Gasteiger partial charge in [0, 0.05) is 11.6 Å². The lowest BCUT2D eigenvalue weighted by molar-refractivity contribution is 0.347. The molecule has 3 nitrogen and oxygen atoms in total. The Hall–Kier alpha value is -1.22. The Morgan fingerprint density at radius 3 is 2.16 bits per heavy atom. The molecule has 2 N–H and O–H groups in total. The van der Waals surface area contributed by atoms with Gasteiger partial charge in [-0.15, -0.1) is 0 Å². The molecule has 0 amide bonds. The molecule has 1 atom stereocenters. The van der Waals surface area contributed by atoms with E-state index in [0.29, 0.717) is 5.92 Å². The average Bonchev–Trinajstić information content (AvgIpc) is 2.45. The molecule has 0 bridgehead atoms. The Balaban J connectivity index is 3.02. The van der Waals surface area contributed by atoms with Gasteiger partial charge in [0.05, 0.1) is 14.2 Å². The smallest absolute Gasteiger partial charge is 0.123 e. The number of hydrogen-bond donors (Lipinski definition) is 1. The third-order valence-electron chi connectivity index (χ3n) is 3.62. The van der Waals surface area contributed by atoms with Crippen LogP contribution in [0.2, 0.25) is 0 Å². The molecule has 3 heteroatoms. The second-order valence-corrected chi connectivity index (χ2v) is 4.97. The van der Waals surface area contributed by atoms with Crippen LogP contribution in [0, 0.1) is 5.92 Å². The maximum Gasteiger partial charge on any atom is 0.123 e. The van der Waals surface area contributed by atoms with Gasteiger partial charge in [-0.2, -0.15) is 0 Å². The standard InChI is InChI=1S/C16H27NO2/c1-5-7-12(8-6-2)16(17)14-11-13(18-3)9-10-15(14)19-4/h9-12,16H,5-8,17H2,1-4H3. The van der Waals surface area contributed by atoms with Crippen LogP contribution in [-0.4, -0.2) is 14.2 Å². The van der Waals surface area contributed by atoms with Crippen molar-refractivity contribution >= 4 is 0 Å². The molecule has 0 saturated carbocycles. The summed E-state index contributed by atoms with van der Waals surface area (Å²) in [6.45, 7) is 4.41. The fourth-order valence-corrected chi connectivity index (χ4v) is 2.60. The summed E-state index contributed by atoms with van der Waals surface area (Å²) < 4.78 is 10.7. The monoisotopic (exact) mass is 265 g/mol. The first kappa shape index (κ1) is 15.8. The summed E-state index contributed by atoms with van der Waals surface area (Å²) >= 11 is 0. The molecule has 0 fully saturated rings. The van der Waals surface area contributed by atoms with Crippen LogP contribution in [0.1, 0.15) is 51.1 Å². The van der Waals surface area contributed by atoms with Gasteiger partial charge in [0.25, 0.3) is 0 Å². The van der Waals surface area contributed by atoms with E-state index in [9.17, 15) is 0 Å². The first-order valence-electron chi connectivity index (χ1n) is 7.15. The molecule has 0 aliphatic carbocycles. The minimum absolute atomic E-state index is 0.00458. The van der Waals surface area contributed by atoms with Gasteiger partial charge >= 0.3 is 0 Å². The van der Waals surface area contributed by atoms with Gasteiger partial charge in [-0.3, -0.25) is 0 Å². The summed E-state index contributed by atoms with van der Waals surface area (Å²) in [7, 11) is 3.36. The van der Waals surface area contributed by atoms with Crippen molar-refractivity contribution < 1.29 is 9.47 Å². The van der Waals surface area contributed by atoms with Crippen molar-refractivity contribution in [1.29, 1.82) is 0 Å². The molecule has 1 aromatic carbocycles. The third kappa shape index (κ3) is 4.13. The summed E-state index contributed by atoms with van der Waals surface area (Å²) in [5.74, 6) is 2.18. The highest BCUT2D eigenvalue weighted by atomic mass is 16.5. The molecule has 1 aromatic rings. The Kier molecular flexibility index (Phi) is 6.71. The maximum atomic E-state index is 6.48. The highest BCUT2D eigenvalue weighted by molar-refractivity contribution is 5.42. The summed E-state index contributed by atoms with van der Waals surface area (Å²) in [5.41, 5.74) is 7.53. The van der Waals surface area contributed by atoms with E-state index in [-0.39, 0.29) is 6.04 Å². The molecule has 0 spiro atoms. The van der Waals surface area contributed by atoms with Crippen LogP contribution < -0.4 is 15.2 Å². The molecular formula is C16H27NO2. The van der Waals surface area contributed by atoms with Gasteiger partial charge in [-0.05, 0) is 37.0 Å². The summed E-state index contributed by atoms with van der Waals surface area (Å²) in [6, 6.07) is 5.85. The zero-order valence-corrected chi connectivity index (χ0v) is 12.6. The Bertz CT molecular complexity index is 373. The van der Waals surface area contributed by atoms with Crippen molar-refractivity contribution in [3.63, 3.8) is 0 Å². The van der Waals surface area contributed by atoms with E-state index in [0.717, 1.165) is 42.7 Å². The van der Waals surface area contributed by atoms with Crippen molar-refractivity contribution in [2.45, 2.75) is 45.6 Å². The number of hydrogen-bond acceptors (Lipinski definition) is 3. The number of benzene rings is 1. The van der Waals surface area contributed by atoms with Crippen molar-refractivity contribution in [1.82, 2.24) is 0 Å². The van der Waals surface area contributed by atoms with E-state index in [1.807, 2.05) is 18.2 Å². The number of methoxy groups -OCH3 is 2. The van der Waals surface area contributed by atoms with E-state index >= 15 is 0 Å². The number of nitrogens with two attached hydrogens (primary N) is 1. The molecule has 19 heavy (non-hydrogen) atoms. The molecule has 0 aromatic heterocycles. The number of rotatable bonds is 8. The van der Waals surface area contributed by atoms with E-state index in [1.54, 1.807) is 14.2 Å². The molecule has 0 heterocycles. The van der Waals surface area contributed by atoms with E-state index in [2.05, 4.69) is 13.8 Å². The van der Waals surface area contributed by atoms with Crippen LogP contribution in [0.5, 0.6) is 11.5 Å². The van der Waals surface area contributed by atoms with Gasteiger partial charge in [0.15, 0.2) is 0 Å². The van der Waals surface area contributed by atoms with Crippen molar-refractivity contribution in [3.05, 3.63) is 23.8 Å². The van der Waals surface area contributed by atoms with Crippen LogP contribution >= 0.6 is 0 Å². The first-order valence-corrected chi connectivity index (χ1v) is 7.15. The molecule has 0 aliphatic rings. The van der Waals surface area contributed by atoms with Gasteiger partial charge in [0.1, 0.15) is 11.5 Å². The minimum Gasteiger partial charge on any atom is -0.497 e.